The zero-order valence-electron chi connectivity index (χ0n) is 14.5. The van der Waals surface area contributed by atoms with E-state index in [4.69, 9.17) is 15.0 Å². The van der Waals surface area contributed by atoms with Crippen LogP contribution in [-0.4, -0.2) is 30.8 Å². The third kappa shape index (κ3) is 1.44. The molecule has 2 aliphatic heterocycles. The number of carbonyl (C=O) groups excluding carboxylic acids is 1. The zero-order chi connectivity index (χ0) is 16.4. The van der Waals surface area contributed by atoms with Gasteiger partial charge in [-0.1, -0.05) is 12.2 Å². The van der Waals surface area contributed by atoms with E-state index in [1.54, 1.807) is 0 Å². The molecular formula is C20H25N3O2. The number of rotatable bonds is 2. The molecule has 13 atom stereocenters. The van der Waals surface area contributed by atoms with Crippen molar-refractivity contribution in [1.82, 2.24) is 5.32 Å². The summed E-state index contributed by atoms with van der Waals surface area (Å²) in [5.74, 6) is 7.59. The number of hydrogen-bond donors (Lipinski definition) is 1. The second kappa shape index (κ2) is 4.29. The fourth-order valence-electron chi connectivity index (χ4n) is 8.69. The Hall–Kier alpha value is -1.39. The molecule has 6 aliphatic carbocycles. The molecule has 5 nitrogen and oxygen atoms in total. The van der Waals surface area contributed by atoms with Crippen LogP contribution in [0.3, 0.4) is 0 Å². The molecule has 8 aliphatic rings. The SMILES string of the molecule is CCOC(=O)NC1[C@H]2C=C[C@@H]1[C@H]1[C@H]3N=N[C@@H]([C@H]12)[C@@H]1[C@H]2C[C@H]([C@@H]4C[C@@H]42)[C@H]31. The predicted octanol–water partition coefficient (Wildman–Crippen LogP) is 2.88. The Morgan fingerprint density at radius 1 is 0.960 bits per heavy atom. The summed E-state index contributed by atoms with van der Waals surface area (Å²) in [6.07, 6.45) is 7.43. The molecule has 1 unspecified atom stereocenters. The lowest BCUT2D eigenvalue weighted by Gasteiger charge is -2.53. The number of azo groups is 1. The average Bonchev–Trinajstić information content (AvgIpc) is 2.93. The molecule has 0 aromatic rings. The summed E-state index contributed by atoms with van der Waals surface area (Å²) in [6.45, 7) is 2.29. The van der Waals surface area contributed by atoms with Crippen molar-refractivity contribution < 1.29 is 9.53 Å². The van der Waals surface area contributed by atoms with Gasteiger partial charge in [0.15, 0.2) is 0 Å². The highest BCUT2D eigenvalue weighted by molar-refractivity contribution is 5.68. The van der Waals surface area contributed by atoms with Crippen LogP contribution in [-0.2, 0) is 4.74 Å². The minimum absolute atomic E-state index is 0.202. The molecular weight excluding hydrogens is 314 g/mol. The minimum atomic E-state index is -0.257. The number of amides is 1. The van der Waals surface area contributed by atoms with Gasteiger partial charge in [-0.05, 0) is 67.1 Å². The maximum absolute atomic E-state index is 12.1. The average molecular weight is 339 g/mol. The Balaban J connectivity index is 1.24. The van der Waals surface area contributed by atoms with Crippen LogP contribution in [0.4, 0.5) is 4.79 Å². The topological polar surface area (TPSA) is 63.0 Å². The number of ether oxygens (including phenoxy) is 1. The highest BCUT2D eigenvalue weighted by Gasteiger charge is 2.75. The number of fused-ring (bicyclic) bond motifs is 7. The minimum Gasteiger partial charge on any atom is -0.450 e. The summed E-state index contributed by atoms with van der Waals surface area (Å²) in [7, 11) is 0. The van der Waals surface area contributed by atoms with Crippen molar-refractivity contribution in [3.8, 4) is 0 Å². The molecule has 5 fully saturated rings. The van der Waals surface area contributed by atoms with Gasteiger partial charge < -0.3 is 10.1 Å². The summed E-state index contributed by atoms with van der Waals surface area (Å²) in [6, 6.07) is 1.04. The highest BCUT2D eigenvalue weighted by Crippen LogP contribution is 2.76. The molecule has 8 rings (SSSR count). The Kier molecular flexibility index (Phi) is 2.36. The fourth-order valence-corrected chi connectivity index (χ4v) is 8.69. The van der Waals surface area contributed by atoms with Crippen molar-refractivity contribution in [3.63, 3.8) is 0 Å². The molecule has 1 amide bonds. The van der Waals surface area contributed by atoms with Gasteiger partial charge in [0.2, 0.25) is 0 Å². The summed E-state index contributed by atoms with van der Waals surface area (Å²) in [4.78, 5) is 12.1. The van der Waals surface area contributed by atoms with Crippen molar-refractivity contribution in [2.45, 2.75) is 37.9 Å². The third-order valence-corrected chi connectivity index (χ3v) is 9.16. The second-order valence-corrected chi connectivity index (χ2v) is 9.58. The molecule has 0 saturated heterocycles. The lowest BCUT2D eigenvalue weighted by Crippen LogP contribution is -2.57. The quantitative estimate of drug-likeness (QED) is 0.786. The molecule has 0 aromatic carbocycles. The van der Waals surface area contributed by atoms with Crippen LogP contribution in [0.2, 0.25) is 0 Å². The summed E-state index contributed by atoms with van der Waals surface area (Å²) >= 11 is 0. The van der Waals surface area contributed by atoms with Gasteiger partial charge >= 0.3 is 6.09 Å². The van der Waals surface area contributed by atoms with E-state index in [-0.39, 0.29) is 12.1 Å². The van der Waals surface area contributed by atoms with Gasteiger partial charge in [-0.25, -0.2) is 4.79 Å². The predicted molar refractivity (Wildman–Crippen MR) is 89.7 cm³/mol. The Morgan fingerprint density at radius 3 is 2.08 bits per heavy atom. The molecule has 6 bridgehead atoms. The first-order chi connectivity index (χ1) is 12.3. The Morgan fingerprint density at radius 2 is 1.52 bits per heavy atom. The van der Waals surface area contributed by atoms with Crippen LogP contribution < -0.4 is 5.32 Å². The smallest absolute Gasteiger partial charge is 0.407 e. The van der Waals surface area contributed by atoms with E-state index >= 15 is 0 Å². The van der Waals surface area contributed by atoms with E-state index in [2.05, 4.69) is 17.5 Å². The van der Waals surface area contributed by atoms with Crippen LogP contribution in [0.1, 0.15) is 19.8 Å². The largest absolute Gasteiger partial charge is 0.450 e. The van der Waals surface area contributed by atoms with Gasteiger partial charge in [0.05, 0.1) is 18.7 Å². The summed E-state index contributed by atoms with van der Waals surface area (Å²) in [5.41, 5.74) is 0. The second-order valence-electron chi connectivity index (χ2n) is 9.58. The first-order valence-electron chi connectivity index (χ1n) is 10.3. The van der Waals surface area contributed by atoms with Crippen molar-refractivity contribution in [3.05, 3.63) is 12.2 Å². The molecule has 5 heteroatoms. The molecule has 1 N–H and O–H groups in total. The van der Waals surface area contributed by atoms with Crippen molar-refractivity contribution in [1.29, 1.82) is 0 Å². The monoisotopic (exact) mass is 339 g/mol. The first-order valence-corrected chi connectivity index (χ1v) is 10.3. The maximum Gasteiger partial charge on any atom is 0.407 e. The van der Waals surface area contributed by atoms with Gasteiger partial charge in [-0.2, -0.15) is 10.2 Å². The lowest BCUT2D eigenvalue weighted by molar-refractivity contribution is -0.0131. The molecule has 0 radical (unpaired) electrons. The standard InChI is InChI=1S/C20H25N3O2/c1-2-25-20(24)21-17-7-3-4-8(17)14-13(7)18-15-11-6-12(10-5-9(10)11)16(15)19(14)23-22-18/h3-4,7-19H,2,5-6H2,1H3,(H,21,24)/t7-,8+,9-,10+,11-,12+,13-,14+,15+,16-,17?,18-,19+. The van der Waals surface area contributed by atoms with E-state index in [0.29, 0.717) is 42.4 Å². The van der Waals surface area contributed by atoms with Crippen LogP contribution >= 0.6 is 0 Å². The van der Waals surface area contributed by atoms with Gasteiger partial charge in [-0.3, -0.25) is 0 Å². The number of nitrogens with zero attached hydrogens (tertiary/aromatic N) is 2. The molecule has 2 heterocycles. The summed E-state index contributed by atoms with van der Waals surface area (Å²) in [5, 5.41) is 12.9. The fraction of sp³-hybridized carbons (Fsp3) is 0.850. The van der Waals surface area contributed by atoms with E-state index < -0.39 is 0 Å². The summed E-state index contributed by atoms with van der Waals surface area (Å²) < 4.78 is 5.16. The van der Waals surface area contributed by atoms with Crippen molar-refractivity contribution in [2.75, 3.05) is 6.61 Å². The third-order valence-electron chi connectivity index (χ3n) is 9.16. The van der Waals surface area contributed by atoms with Crippen molar-refractivity contribution in [2.24, 2.45) is 69.4 Å². The van der Waals surface area contributed by atoms with Crippen molar-refractivity contribution >= 4 is 6.09 Å². The number of alkyl carbamates (subject to hydrolysis) is 1. The van der Waals surface area contributed by atoms with Gasteiger partial charge in [0.1, 0.15) is 0 Å². The van der Waals surface area contributed by atoms with Gasteiger partial charge in [-0.15, -0.1) is 0 Å². The van der Waals surface area contributed by atoms with Gasteiger partial charge in [0.25, 0.3) is 0 Å². The van der Waals surface area contributed by atoms with Crippen LogP contribution in [0.15, 0.2) is 22.4 Å². The Labute approximate surface area is 147 Å². The Bertz CT molecular complexity index is 674. The normalized spacial score (nSPS) is 62.7. The first kappa shape index (κ1) is 13.8. The van der Waals surface area contributed by atoms with Crippen LogP contribution in [0.25, 0.3) is 0 Å². The zero-order valence-corrected chi connectivity index (χ0v) is 14.5. The van der Waals surface area contributed by atoms with Crippen LogP contribution in [0, 0.1) is 59.2 Å². The molecule has 5 saturated carbocycles. The maximum atomic E-state index is 12.1. The van der Waals surface area contributed by atoms with E-state index in [1.165, 1.54) is 12.8 Å². The number of carbonyl (C=O) groups is 1. The highest BCUT2D eigenvalue weighted by atomic mass is 16.5. The molecule has 0 aromatic heterocycles. The number of nitrogens with one attached hydrogen (secondary N) is 1. The van der Waals surface area contributed by atoms with E-state index in [1.807, 2.05) is 6.92 Å². The lowest BCUT2D eigenvalue weighted by atomic mass is 9.55. The van der Waals surface area contributed by atoms with E-state index in [9.17, 15) is 4.79 Å². The number of hydrogen-bond acceptors (Lipinski definition) is 4. The molecule has 25 heavy (non-hydrogen) atoms. The van der Waals surface area contributed by atoms with Gasteiger partial charge in [0, 0.05) is 17.9 Å². The molecule has 0 spiro atoms. The molecule has 132 valence electrons. The van der Waals surface area contributed by atoms with Crippen LogP contribution in [0.5, 0.6) is 0 Å². The van der Waals surface area contributed by atoms with E-state index in [0.717, 1.165) is 35.5 Å².